The third-order valence-corrected chi connectivity index (χ3v) is 12.6. The van der Waals surface area contributed by atoms with E-state index in [0.717, 1.165) is 83.1 Å². The molecule has 2 saturated heterocycles. The van der Waals surface area contributed by atoms with Crippen molar-refractivity contribution in [2.45, 2.75) is 152 Å². The molecule has 50 heavy (non-hydrogen) atoms. The fourth-order valence-corrected chi connectivity index (χ4v) is 9.23. The van der Waals surface area contributed by atoms with E-state index in [9.17, 15) is 18.6 Å². The molecule has 4 amide bonds. The monoisotopic (exact) mass is 715 g/mol. The molecule has 0 spiro atoms. The summed E-state index contributed by atoms with van der Waals surface area (Å²) in [6.07, 6.45) is 17.1. The van der Waals surface area contributed by atoms with Gasteiger partial charge in [0, 0.05) is 52.2 Å². The van der Waals surface area contributed by atoms with Crippen LogP contribution in [0, 0.1) is 17.2 Å². The third-order valence-electron chi connectivity index (χ3n) is 10.5. The van der Waals surface area contributed by atoms with E-state index < -0.39 is 34.3 Å². The minimum Gasteiger partial charge on any atom is -0.362 e. The average Bonchev–Trinajstić information content (AvgIpc) is 3.51. The molecule has 2 aliphatic heterocycles. The highest BCUT2D eigenvalue weighted by atomic mass is 32.2. The number of nitrogens with one attached hydrogen (secondary N) is 5. The summed E-state index contributed by atoms with van der Waals surface area (Å²) in [5, 5.41) is 24.0. The Bertz CT molecular complexity index is 1200. The molecule has 5 fully saturated rings. The lowest BCUT2D eigenvalue weighted by Crippen LogP contribution is -2.64. The van der Waals surface area contributed by atoms with Crippen molar-refractivity contribution >= 4 is 28.6 Å². The number of likely N-dealkylation sites (tertiary alicyclic amines) is 1. The Morgan fingerprint density at radius 3 is 2.16 bits per heavy atom. The molecule has 0 bridgehead atoms. The van der Waals surface area contributed by atoms with Gasteiger partial charge in [-0.25, -0.2) is 4.79 Å². The van der Waals surface area contributed by atoms with Gasteiger partial charge in [-0.2, -0.15) is 5.26 Å². The molecule has 3 saturated carbocycles. The van der Waals surface area contributed by atoms with Crippen molar-refractivity contribution < 1.29 is 18.6 Å². The first kappa shape index (κ1) is 41.5. The highest BCUT2D eigenvalue weighted by Crippen LogP contribution is 2.33. The molecule has 0 aromatic carbocycles. The van der Waals surface area contributed by atoms with Crippen LogP contribution in [0.1, 0.15) is 124 Å². The van der Waals surface area contributed by atoms with Gasteiger partial charge in [-0.1, -0.05) is 91.7 Å². The Morgan fingerprint density at radius 1 is 0.960 bits per heavy atom. The van der Waals surface area contributed by atoms with Crippen molar-refractivity contribution in [3.05, 3.63) is 24.4 Å². The van der Waals surface area contributed by atoms with Gasteiger partial charge in [-0.05, 0) is 57.4 Å². The number of nitriles is 1. The van der Waals surface area contributed by atoms with Crippen LogP contribution in [-0.2, 0) is 20.4 Å². The second-order valence-electron chi connectivity index (χ2n) is 14.8. The van der Waals surface area contributed by atoms with Crippen molar-refractivity contribution in [3.63, 3.8) is 0 Å². The standard InChI is InChI=1S/C30H47N7O4S.C5H10.C3H8/c1-21(27(38)33-17-15-31)19-34-28(39)25-11-8-18-37(25)22(2)26(24-12-16-32-24)35-29(40)36-30(13-6-3-7-14-30)20-42(41)23-9-4-5-10-23;1-2-5-3-4-5;1-3-2/h23-26,32H,1-14,16-20H2,(H,33,38)(H,34,39)(H2,35,36,40);5H,2-4H2,1H3;3H2,1-2H3. The van der Waals surface area contributed by atoms with Crippen LogP contribution in [0.25, 0.3) is 0 Å². The van der Waals surface area contributed by atoms with E-state index in [1.54, 1.807) is 0 Å². The van der Waals surface area contributed by atoms with Gasteiger partial charge in [0.05, 0.1) is 17.6 Å². The van der Waals surface area contributed by atoms with Crippen LogP contribution in [0.4, 0.5) is 4.79 Å². The fourth-order valence-electron chi connectivity index (χ4n) is 7.23. The quantitative estimate of drug-likeness (QED) is 0.126. The second kappa shape index (κ2) is 21.5. The number of amides is 4. The fraction of sp³-hybridized carbons (Fsp3) is 0.789. The summed E-state index contributed by atoms with van der Waals surface area (Å²) < 4.78 is 13.3. The zero-order valence-electron chi connectivity index (χ0n) is 31.1. The van der Waals surface area contributed by atoms with Crippen LogP contribution in [0.2, 0.25) is 0 Å². The summed E-state index contributed by atoms with van der Waals surface area (Å²) in [7, 11) is -0.962. The number of urea groups is 1. The molecular weight excluding hydrogens is 651 g/mol. The van der Waals surface area contributed by atoms with E-state index in [4.69, 9.17) is 5.26 Å². The van der Waals surface area contributed by atoms with E-state index in [1.807, 2.05) is 11.0 Å². The van der Waals surface area contributed by atoms with Crippen LogP contribution in [0.5, 0.6) is 0 Å². The topological polar surface area (TPSA) is 155 Å². The predicted molar refractivity (Wildman–Crippen MR) is 202 cm³/mol. The summed E-state index contributed by atoms with van der Waals surface area (Å²) in [6.45, 7) is 15.9. The van der Waals surface area contributed by atoms with Crippen molar-refractivity contribution in [2.24, 2.45) is 5.92 Å². The van der Waals surface area contributed by atoms with E-state index in [1.165, 1.54) is 25.7 Å². The number of rotatable bonds is 14. The molecule has 2 heterocycles. The molecule has 0 aromatic rings. The van der Waals surface area contributed by atoms with E-state index in [-0.39, 0.29) is 41.9 Å². The molecule has 5 rings (SSSR count). The van der Waals surface area contributed by atoms with Crippen LogP contribution < -0.4 is 26.6 Å². The summed E-state index contributed by atoms with van der Waals surface area (Å²) in [5.74, 6) is 0.934. The van der Waals surface area contributed by atoms with Gasteiger partial charge in [0.2, 0.25) is 11.8 Å². The number of carbonyl (C=O) groups is 3. The Labute approximate surface area is 304 Å². The second-order valence-corrected chi connectivity index (χ2v) is 16.5. The maximum absolute atomic E-state index is 13.6. The summed E-state index contributed by atoms with van der Waals surface area (Å²) >= 11 is 0. The Kier molecular flexibility index (Phi) is 17.8. The molecule has 0 radical (unpaired) electrons. The lowest BCUT2D eigenvalue weighted by molar-refractivity contribution is -0.124. The van der Waals surface area contributed by atoms with Gasteiger partial charge in [0.15, 0.2) is 0 Å². The number of hydrogen-bond donors (Lipinski definition) is 5. The molecule has 3 aliphatic carbocycles. The van der Waals surface area contributed by atoms with Crippen LogP contribution in [-0.4, -0.2) is 87.8 Å². The lowest BCUT2D eigenvalue weighted by atomic mass is 9.83. The van der Waals surface area contributed by atoms with Gasteiger partial charge in [-0.3, -0.25) is 13.8 Å². The van der Waals surface area contributed by atoms with Crippen LogP contribution >= 0.6 is 0 Å². The van der Waals surface area contributed by atoms with Gasteiger partial charge in [0.1, 0.15) is 12.6 Å². The minimum absolute atomic E-state index is 0.00564. The van der Waals surface area contributed by atoms with Crippen molar-refractivity contribution in [2.75, 3.05) is 31.9 Å². The molecular formula is C38H65N7O4S. The maximum atomic E-state index is 13.6. The first-order chi connectivity index (χ1) is 24.1. The zero-order chi connectivity index (χ0) is 36.5. The number of carbonyl (C=O) groups excluding carboxylic acids is 3. The van der Waals surface area contributed by atoms with Crippen molar-refractivity contribution in [3.8, 4) is 6.07 Å². The lowest BCUT2D eigenvalue weighted by Gasteiger charge is -2.42. The highest BCUT2D eigenvalue weighted by molar-refractivity contribution is 7.85. The summed E-state index contributed by atoms with van der Waals surface area (Å²) in [5.41, 5.74) is 0.382. The molecule has 12 heteroatoms. The predicted octanol–water partition coefficient (Wildman–Crippen LogP) is 4.92. The van der Waals surface area contributed by atoms with E-state index in [2.05, 4.69) is 60.5 Å². The zero-order valence-corrected chi connectivity index (χ0v) is 31.9. The average molecular weight is 716 g/mol. The largest absolute Gasteiger partial charge is 0.362 e. The molecule has 5 aliphatic rings. The van der Waals surface area contributed by atoms with Gasteiger partial charge < -0.3 is 31.5 Å². The molecule has 0 aromatic heterocycles. The SMILES string of the molecule is C=C(CNC(=O)C1CCCN1C(=C)C(NC(=O)NC1(CS(=O)C2CCCC2)CCCCC1)C1CCN1)C(=O)NCC#N.CCC.CCC1CC1. The summed E-state index contributed by atoms with van der Waals surface area (Å²) in [6, 6.07) is 0.690. The Morgan fingerprint density at radius 2 is 1.62 bits per heavy atom. The molecule has 11 nitrogen and oxygen atoms in total. The molecule has 4 unspecified atom stereocenters. The van der Waals surface area contributed by atoms with Crippen molar-refractivity contribution in [1.82, 2.24) is 31.5 Å². The van der Waals surface area contributed by atoms with Gasteiger partial charge in [-0.15, -0.1) is 0 Å². The van der Waals surface area contributed by atoms with Gasteiger partial charge >= 0.3 is 6.03 Å². The summed E-state index contributed by atoms with van der Waals surface area (Å²) in [4.78, 5) is 40.7. The maximum Gasteiger partial charge on any atom is 0.315 e. The van der Waals surface area contributed by atoms with Crippen LogP contribution in [0.15, 0.2) is 24.4 Å². The van der Waals surface area contributed by atoms with E-state index in [0.29, 0.717) is 24.4 Å². The first-order valence-corrected chi connectivity index (χ1v) is 20.7. The molecule has 5 N–H and O–H groups in total. The molecule has 4 atom stereocenters. The van der Waals surface area contributed by atoms with Crippen molar-refractivity contribution in [1.29, 1.82) is 5.26 Å². The van der Waals surface area contributed by atoms with Gasteiger partial charge in [0.25, 0.3) is 0 Å². The number of nitrogens with zero attached hydrogens (tertiary/aromatic N) is 2. The van der Waals surface area contributed by atoms with Crippen LogP contribution in [0.3, 0.4) is 0 Å². The highest BCUT2D eigenvalue weighted by Gasteiger charge is 2.41. The number of hydrogen-bond acceptors (Lipinski definition) is 7. The normalized spacial score (nSPS) is 23.6. The minimum atomic E-state index is -0.962. The smallest absolute Gasteiger partial charge is 0.315 e. The Balaban J connectivity index is 0.000000751. The Hall–Kier alpha value is -2.91. The molecule has 282 valence electrons. The first-order valence-electron chi connectivity index (χ1n) is 19.3. The third kappa shape index (κ3) is 13.0. The van der Waals surface area contributed by atoms with E-state index >= 15 is 0 Å².